The van der Waals surface area contributed by atoms with Crippen molar-refractivity contribution < 1.29 is 0 Å². The van der Waals surface area contributed by atoms with Crippen LogP contribution >= 0.6 is 39.9 Å². The fourth-order valence-electron chi connectivity index (χ4n) is 0.738. The van der Waals surface area contributed by atoms with Crippen molar-refractivity contribution in [2.24, 2.45) is 0 Å². The maximum absolute atomic E-state index is 4.15. The predicted molar refractivity (Wildman–Crippen MR) is 54.2 cm³/mol. The van der Waals surface area contributed by atoms with Crippen molar-refractivity contribution in [2.75, 3.05) is 5.75 Å². The molecule has 1 aromatic heterocycles. The summed E-state index contributed by atoms with van der Waals surface area (Å²) in [6.45, 7) is 0. The van der Waals surface area contributed by atoms with E-state index in [0.29, 0.717) is 0 Å². The van der Waals surface area contributed by atoms with Gasteiger partial charge in [-0.25, -0.2) is 0 Å². The van der Waals surface area contributed by atoms with Gasteiger partial charge in [-0.1, -0.05) is 0 Å². The summed E-state index contributed by atoms with van der Waals surface area (Å²) < 4.78 is 1.20. The normalized spacial score (nSPS) is 10.2. The highest BCUT2D eigenvalue weighted by molar-refractivity contribution is 9.10. The summed E-state index contributed by atoms with van der Waals surface area (Å²) in [7, 11) is 0. The standard InChI is InChI=1S/C7H9BrS2/c8-6-4-7(10-5-6)2-1-3-9/h4-5,9H,1-3H2. The van der Waals surface area contributed by atoms with E-state index in [0.717, 1.165) is 5.75 Å². The van der Waals surface area contributed by atoms with E-state index in [4.69, 9.17) is 0 Å². The van der Waals surface area contributed by atoms with Gasteiger partial charge in [0.1, 0.15) is 0 Å². The maximum atomic E-state index is 4.15. The van der Waals surface area contributed by atoms with Crippen molar-refractivity contribution in [3.05, 3.63) is 20.8 Å². The highest BCUT2D eigenvalue weighted by Gasteiger charge is 1.95. The highest BCUT2D eigenvalue weighted by atomic mass is 79.9. The van der Waals surface area contributed by atoms with E-state index in [-0.39, 0.29) is 0 Å². The van der Waals surface area contributed by atoms with Crippen molar-refractivity contribution in [2.45, 2.75) is 12.8 Å². The van der Waals surface area contributed by atoms with Crippen molar-refractivity contribution >= 4 is 39.9 Å². The van der Waals surface area contributed by atoms with E-state index in [1.54, 1.807) is 0 Å². The van der Waals surface area contributed by atoms with Crippen LogP contribution < -0.4 is 0 Å². The van der Waals surface area contributed by atoms with Crippen molar-refractivity contribution in [3.63, 3.8) is 0 Å². The molecule has 1 aromatic rings. The Balaban J connectivity index is 2.42. The minimum absolute atomic E-state index is 0.982. The van der Waals surface area contributed by atoms with Gasteiger partial charge in [0.15, 0.2) is 0 Å². The van der Waals surface area contributed by atoms with E-state index in [1.807, 2.05) is 11.3 Å². The van der Waals surface area contributed by atoms with Gasteiger partial charge in [-0.15, -0.1) is 11.3 Å². The van der Waals surface area contributed by atoms with Crippen LogP contribution in [0.25, 0.3) is 0 Å². The molecule has 3 heteroatoms. The Hall–Kier alpha value is 0.530. The fraction of sp³-hybridized carbons (Fsp3) is 0.429. The van der Waals surface area contributed by atoms with E-state index in [1.165, 1.54) is 22.2 Å². The smallest absolute Gasteiger partial charge is 0.0285 e. The zero-order valence-electron chi connectivity index (χ0n) is 5.51. The summed E-state index contributed by atoms with van der Waals surface area (Å²) in [5, 5.41) is 2.12. The minimum Gasteiger partial charge on any atom is -0.179 e. The van der Waals surface area contributed by atoms with Gasteiger partial charge in [0.25, 0.3) is 0 Å². The number of hydrogen-bond acceptors (Lipinski definition) is 2. The van der Waals surface area contributed by atoms with E-state index >= 15 is 0 Å². The zero-order valence-corrected chi connectivity index (χ0v) is 8.81. The van der Waals surface area contributed by atoms with E-state index in [9.17, 15) is 0 Å². The molecule has 0 unspecified atom stereocenters. The maximum Gasteiger partial charge on any atom is 0.0285 e. The molecule has 0 aromatic carbocycles. The highest BCUT2D eigenvalue weighted by Crippen LogP contribution is 2.20. The SMILES string of the molecule is SCCCc1cc(Br)cs1. The molecule has 1 heterocycles. The quantitative estimate of drug-likeness (QED) is 0.765. The molecule has 0 nitrogen and oxygen atoms in total. The molecule has 0 fully saturated rings. The molecule has 0 aliphatic heterocycles. The Morgan fingerprint density at radius 3 is 2.90 bits per heavy atom. The average molecular weight is 237 g/mol. The lowest BCUT2D eigenvalue weighted by molar-refractivity contribution is 0.955. The first-order valence-corrected chi connectivity index (χ1v) is 5.47. The third-order valence-corrected chi connectivity index (χ3v) is 3.28. The van der Waals surface area contributed by atoms with Crippen LogP contribution in [0.2, 0.25) is 0 Å². The van der Waals surface area contributed by atoms with Crippen molar-refractivity contribution in [1.29, 1.82) is 0 Å². The molecule has 0 spiro atoms. The second-order valence-corrected chi connectivity index (χ2v) is 4.42. The summed E-state index contributed by atoms with van der Waals surface area (Å²) in [5.41, 5.74) is 0. The van der Waals surface area contributed by atoms with Crippen molar-refractivity contribution in [1.82, 2.24) is 0 Å². The van der Waals surface area contributed by atoms with Crippen LogP contribution in [0.5, 0.6) is 0 Å². The van der Waals surface area contributed by atoms with Gasteiger partial charge in [0.05, 0.1) is 0 Å². The number of thiophene rings is 1. The summed E-state index contributed by atoms with van der Waals surface area (Å²) in [6.07, 6.45) is 2.34. The molecule has 10 heavy (non-hydrogen) atoms. The van der Waals surface area contributed by atoms with Crippen LogP contribution in [0.3, 0.4) is 0 Å². The summed E-state index contributed by atoms with van der Waals surface area (Å²) >= 11 is 9.37. The largest absolute Gasteiger partial charge is 0.179 e. The molecular formula is C7H9BrS2. The number of hydrogen-bond donors (Lipinski definition) is 1. The van der Waals surface area contributed by atoms with Crippen LogP contribution in [0.1, 0.15) is 11.3 Å². The number of rotatable bonds is 3. The predicted octanol–water partition coefficient (Wildman–Crippen LogP) is 3.37. The summed E-state index contributed by atoms with van der Waals surface area (Å²) in [5.74, 6) is 0.982. The second-order valence-electron chi connectivity index (χ2n) is 2.06. The molecular weight excluding hydrogens is 228 g/mol. The fourth-order valence-corrected chi connectivity index (χ4v) is 2.39. The Labute approximate surface area is 79.2 Å². The lowest BCUT2D eigenvalue weighted by atomic mass is 10.3. The molecule has 0 radical (unpaired) electrons. The van der Waals surface area contributed by atoms with Gasteiger partial charge in [-0.3, -0.25) is 0 Å². The Bertz CT molecular complexity index is 195. The summed E-state index contributed by atoms with van der Waals surface area (Å²) in [6, 6.07) is 2.17. The molecule has 0 N–H and O–H groups in total. The second kappa shape index (κ2) is 4.42. The summed E-state index contributed by atoms with van der Waals surface area (Å²) in [4.78, 5) is 1.45. The topological polar surface area (TPSA) is 0 Å². The third-order valence-electron chi connectivity index (χ3n) is 1.20. The molecule has 0 aliphatic rings. The monoisotopic (exact) mass is 236 g/mol. The molecule has 0 aliphatic carbocycles. The third kappa shape index (κ3) is 2.64. The minimum atomic E-state index is 0.982. The van der Waals surface area contributed by atoms with Crippen LogP contribution in [-0.2, 0) is 6.42 Å². The van der Waals surface area contributed by atoms with Gasteiger partial charge in [0, 0.05) is 14.7 Å². The first-order chi connectivity index (χ1) is 4.83. The van der Waals surface area contributed by atoms with Gasteiger partial charge in [-0.05, 0) is 40.6 Å². The van der Waals surface area contributed by atoms with Gasteiger partial charge >= 0.3 is 0 Å². The van der Waals surface area contributed by atoms with Crippen LogP contribution in [0.4, 0.5) is 0 Å². The lowest BCUT2D eigenvalue weighted by Crippen LogP contribution is -1.79. The molecule has 56 valence electrons. The number of aryl methyl sites for hydroxylation is 1. The van der Waals surface area contributed by atoms with Crippen molar-refractivity contribution in [3.8, 4) is 0 Å². The number of thiol groups is 1. The van der Waals surface area contributed by atoms with Crippen LogP contribution in [0, 0.1) is 0 Å². The zero-order chi connectivity index (χ0) is 7.40. The Morgan fingerprint density at radius 2 is 2.40 bits per heavy atom. The Kier molecular flexibility index (Phi) is 3.81. The molecule has 0 saturated heterocycles. The molecule has 0 saturated carbocycles. The first kappa shape index (κ1) is 8.62. The van der Waals surface area contributed by atoms with Gasteiger partial charge in [0.2, 0.25) is 0 Å². The van der Waals surface area contributed by atoms with Gasteiger partial charge in [-0.2, -0.15) is 12.6 Å². The molecule has 0 amide bonds. The molecule has 0 bridgehead atoms. The Morgan fingerprint density at radius 1 is 1.60 bits per heavy atom. The average Bonchev–Trinajstić information content (AvgIpc) is 2.31. The van der Waals surface area contributed by atoms with Crippen LogP contribution in [0.15, 0.2) is 15.9 Å². The van der Waals surface area contributed by atoms with Gasteiger partial charge < -0.3 is 0 Å². The molecule has 1 rings (SSSR count). The van der Waals surface area contributed by atoms with E-state index in [2.05, 4.69) is 40.0 Å². The first-order valence-electron chi connectivity index (χ1n) is 3.16. The van der Waals surface area contributed by atoms with Crippen LogP contribution in [-0.4, -0.2) is 5.75 Å². The number of halogens is 1. The lowest BCUT2D eigenvalue weighted by Gasteiger charge is -1.90. The van der Waals surface area contributed by atoms with E-state index < -0.39 is 0 Å². The molecule has 0 atom stereocenters.